The van der Waals surface area contributed by atoms with Crippen LogP contribution >= 0.6 is 0 Å². The van der Waals surface area contributed by atoms with Gasteiger partial charge in [0.25, 0.3) is 0 Å². The van der Waals surface area contributed by atoms with Crippen molar-refractivity contribution in [2.75, 3.05) is 13.2 Å². The highest BCUT2D eigenvalue weighted by Gasteiger charge is 2.57. The van der Waals surface area contributed by atoms with Crippen LogP contribution in [0.3, 0.4) is 0 Å². The summed E-state index contributed by atoms with van der Waals surface area (Å²) in [6, 6.07) is 0. The van der Waals surface area contributed by atoms with Crippen LogP contribution in [0.4, 0.5) is 0 Å². The quantitative estimate of drug-likeness (QED) is 0.577. The molecule has 0 amide bonds. The third-order valence-corrected chi connectivity index (χ3v) is 4.07. The molecule has 0 N–H and O–H groups in total. The maximum Gasteiger partial charge on any atom is 0.320 e. The molecule has 5 heteroatoms. The zero-order chi connectivity index (χ0) is 14.9. The van der Waals surface area contributed by atoms with Crippen molar-refractivity contribution in [3.05, 3.63) is 0 Å². The van der Waals surface area contributed by atoms with Gasteiger partial charge in [-0.05, 0) is 12.3 Å². The lowest BCUT2D eigenvalue weighted by atomic mass is 9.67. The zero-order valence-corrected chi connectivity index (χ0v) is 12.3. The molecular weight excluding hydrogens is 260 g/mol. The minimum atomic E-state index is -1.10. The first-order valence-corrected chi connectivity index (χ1v) is 7.20. The topological polar surface area (TPSA) is 69.7 Å². The summed E-state index contributed by atoms with van der Waals surface area (Å²) >= 11 is 0. The number of esters is 1. The van der Waals surface area contributed by atoms with E-state index in [0.29, 0.717) is 25.6 Å². The fraction of sp³-hybridized carbons (Fsp3) is 0.800. The highest BCUT2D eigenvalue weighted by Crippen LogP contribution is 2.44. The van der Waals surface area contributed by atoms with Gasteiger partial charge in [-0.1, -0.05) is 20.8 Å². The maximum absolute atomic E-state index is 12.1. The number of ketones is 2. The third kappa shape index (κ3) is 2.77. The number of Topliss-reactive ketones (excluding diaryl/α,β-unsaturated/α-hetero) is 2. The first-order valence-electron chi connectivity index (χ1n) is 7.20. The number of hydrogen-bond donors (Lipinski definition) is 0. The van der Waals surface area contributed by atoms with E-state index < -0.39 is 11.4 Å². The monoisotopic (exact) mass is 282 g/mol. The summed E-state index contributed by atoms with van der Waals surface area (Å²) in [5, 5.41) is 0. The van der Waals surface area contributed by atoms with Gasteiger partial charge in [-0.25, -0.2) is 0 Å². The Bertz CT molecular complexity index is 428. The molecule has 3 atom stereocenters. The Labute approximate surface area is 119 Å². The molecule has 0 aromatic heterocycles. The van der Waals surface area contributed by atoms with Gasteiger partial charge in [0.1, 0.15) is 17.3 Å². The Balaban J connectivity index is 2.01. The summed E-state index contributed by atoms with van der Waals surface area (Å²) in [7, 11) is 0. The van der Waals surface area contributed by atoms with Crippen LogP contribution in [-0.2, 0) is 23.9 Å². The molecule has 0 aromatic rings. The summed E-state index contributed by atoms with van der Waals surface area (Å²) in [4.78, 5) is 35.8. The molecule has 1 heterocycles. The van der Waals surface area contributed by atoms with Crippen LogP contribution in [0.2, 0.25) is 0 Å². The molecule has 0 unspecified atom stereocenters. The van der Waals surface area contributed by atoms with E-state index in [4.69, 9.17) is 9.47 Å². The summed E-state index contributed by atoms with van der Waals surface area (Å²) < 4.78 is 10.8. The highest BCUT2D eigenvalue weighted by molar-refractivity contribution is 6.14. The molecule has 1 aliphatic heterocycles. The first kappa shape index (κ1) is 15.2. The second-order valence-electron chi connectivity index (χ2n) is 6.42. The smallest absolute Gasteiger partial charge is 0.320 e. The molecule has 1 saturated heterocycles. The Morgan fingerprint density at radius 3 is 2.65 bits per heavy atom. The average Bonchev–Trinajstić information content (AvgIpc) is 2.64. The van der Waals surface area contributed by atoms with Crippen molar-refractivity contribution >= 4 is 17.5 Å². The van der Waals surface area contributed by atoms with Crippen molar-refractivity contribution in [3.8, 4) is 0 Å². The molecule has 112 valence electrons. The van der Waals surface area contributed by atoms with E-state index in [-0.39, 0.29) is 36.4 Å². The van der Waals surface area contributed by atoms with Crippen LogP contribution in [0, 0.1) is 17.3 Å². The Hall–Kier alpha value is -1.23. The molecule has 0 aromatic carbocycles. The van der Waals surface area contributed by atoms with Crippen molar-refractivity contribution < 1.29 is 23.9 Å². The predicted octanol–water partition coefficient (Wildman–Crippen LogP) is 1.53. The van der Waals surface area contributed by atoms with E-state index in [0.717, 1.165) is 0 Å². The van der Waals surface area contributed by atoms with Gasteiger partial charge in [0, 0.05) is 18.9 Å². The van der Waals surface area contributed by atoms with Gasteiger partial charge in [0.05, 0.1) is 13.0 Å². The van der Waals surface area contributed by atoms with E-state index in [1.54, 1.807) is 6.92 Å². The van der Waals surface area contributed by atoms with Gasteiger partial charge in [0.2, 0.25) is 0 Å². The first-order chi connectivity index (χ1) is 9.35. The van der Waals surface area contributed by atoms with E-state index in [1.807, 2.05) is 13.8 Å². The van der Waals surface area contributed by atoms with E-state index >= 15 is 0 Å². The molecule has 0 bridgehead atoms. The Morgan fingerprint density at radius 1 is 1.30 bits per heavy atom. The standard InChI is InChI=1S/C15H22O5/c1-9(2)7-19-8-11-6-15(14(18)20-11)5-10(3)12(16)4-13(15)17/h9-11H,4-8H2,1-3H3/t10-,11-,15-/m0/s1. The summed E-state index contributed by atoms with van der Waals surface area (Å²) in [5.74, 6) is -0.671. The zero-order valence-electron chi connectivity index (χ0n) is 12.3. The van der Waals surface area contributed by atoms with Crippen LogP contribution in [0.1, 0.15) is 40.0 Å². The maximum atomic E-state index is 12.1. The lowest BCUT2D eigenvalue weighted by Gasteiger charge is -2.30. The Kier molecular flexibility index (Phi) is 4.28. The molecule has 1 spiro atoms. The van der Waals surface area contributed by atoms with E-state index in [1.165, 1.54) is 0 Å². The van der Waals surface area contributed by atoms with Crippen LogP contribution in [0.15, 0.2) is 0 Å². The lowest BCUT2D eigenvalue weighted by molar-refractivity contribution is -0.157. The fourth-order valence-electron chi connectivity index (χ4n) is 2.95. The number of hydrogen-bond acceptors (Lipinski definition) is 5. The second-order valence-corrected chi connectivity index (χ2v) is 6.42. The van der Waals surface area contributed by atoms with E-state index in [9.17, 15) is 14.4 Å². The molecular formula is C15H22O5. The second kappa shape index (κ2) is 5.64. The van der Waals surface area contributed by atoms with Gasteiger partial charge >= 0.3 is 5.97 Å². The predicted molar refractivity (Wildman–Crippen MR) is 71.0 cm³/mol. The molecule has 1 saturated carbocycles. The lowest BCUT2D eigenvalue weighted by Crippen LogP contribution is -2.44. The minimum absolute atomic E-state index is 0.0760. The van der Waals surface area contributed by atoms with Crippen molar-refractivity contribution in [3.63, 3.8) is 0 Å². The molecule has 2 fully saturated rings. The third-order valence-electron chi connectivity index (χ3n) is 4.07. The van der Waals surface area contributed by atoms with Crippen molar-refractivity contribution in [2.24, 2.45) is 17.3 Å². The normalized spacial score (nSPS) is 34.1. The average molecular weight is 282 g/mol. The molecule has 5 nitrogen and oxygen atoms in total. The van der Waals surface area contributed by atoms with Crippen molar-refractivity contribution in [1.82, 2.24) is 0 Å². The van der Waals surface area contributed by atoms with Gasteiger partial charge in [-0.2, -0.15) is 0 Å². The number of carbonyl (C=O) groups is 3. The molecule has 0 radical (unpaired) electrons. The molecule has 2 rings (SSSR count). The van der Waals surface area contributed by atoms with Gasteiger partial charge in [0.15, 0.2) is 5.78 Å². The van der Waals surface area contributed by atoms with Gasteiger partial charge in [-0.15, -0.1) is 0 Å². The number of cyclic esters (lactones) is 1. The molecule has 1 aliphatic carbocycles. The minimum Gasteiger partial charge on any atom is -0.459 e. The van der Waals surface area contributed by atoms with Crippen LogP contribution < -0.4 is 0 Å². The van der Waals surface area contributed by atoms with Crippen molar-refractivity contribution in [1.29, 1.82) is 0 Å². The van der Waals surface area contributed by atoms with E-state index in [2.05, 4.69) is 0 Å². The summed E-state index contributed by atoms with van der Waals surface area (Å²) in [6.45, 7) is 6.78. The fourth-order valence-corrected chi connectivity index (χ4v) is 2.95. The molecule has 2 aliphatic rings. The molecule has 20 heavy (non-hydrogen) atoms. The van der Waals surface area contributed by atoms with Gasteiger partial charge in [-0.3, -0.25) is 14.4 Å². The summed E-state index contributed by atoms with van der Waals surface area (Å²) in [6.07, 6.45) is 0.117. The Morgan fingerprint density at radius 2 is 2.00 bits per heavy atom. The highest BCUT2D eigenvalue weighted by atomic mass is 16.6. The number of ether oxygens (including phenoxy) is 2. The van der Waals surface area contributed by atoms with Crippen molar-refractivity contribution in [2.45, 2.75) is 46.1 Å². The van der Waals surface area contributed by atoms with Gasteiger partial charge < -0.3 is 9.47 Å². The SMILES string of the molecule is CC(C)COC[C@@H]1C[C@]2(C[C@H](C)C(=O)CC2=O)C(=O)O1. The van der Waals surface area contributed by atoms with Crippen LogP contribution in [0.25, 0.3) is 0 Å². The summed E-state index contributed by atoms with van der Waals surface area (Å²) in [5.41, 5.74) is -1.10. The van der Waals surface area contributed by atoms with Crippen LogP contribution in [0.5, 0.6) is 0 Å². The number of rotatable bonds is 4. The number of carbonyl (C=O) groups excluding carboxylic acids is 3. The van der Waals surface area contributed by atoms with Crippen LogP contribution in [-0.4, -0.2) is 36.9 Å². The largest absolute Gasteiger partial charge is 0.459 e.